The van der Waals surface area contributed by atoms with Gasteiger partial charge in [0.05, 0.1) is 117 Å². The molecule has 6 N–H and O–H groups in total. The number of anilines is 2. The highest BCUT2D eigenvalue weighted by molar-refractivity contribution is 6.02. The van der Waals surface area contributed by atoms with E-state index >= 15 is 0 Å². The molecule has 0 aliphatic carbocycles. The van der Waals surface area contributed by atoms with E-state index in [1.165, 1.54) is 45.8 Å². The number of fused-ring (bicyclic) bond motifs is 2. The average molecular weight is 869 g/mol. The third kappa shape index (κ3) is 7.64. The summed E-state index contributed by atoms with van der Waals surface area (Å²) in [5.74, 6) is -0.632. The highest BCUT2D eigenvalue weighted by atomic mass is 19.1. The van der Waals surface area contributed by atoms with Crippen molar-refractivity contribution in [1.29, 1.82) is 10.5 Å². The SMILES string of the molecule is N#Cc1cccc(F)c1-c1cc(-n2ccc(N3CC[C@@H](O)[C@@H](O)C3)n2)c2c(n1)CNC2=O.N#Cc1cccc(F)c1-c1cc(-n2ccc(N3CC[C@@H](O)[C@@H](O)C3)n2)c2c(n1)CNC2=O. The summed E-state index contributed by atoms with van der Waals surface area (Å²) in [5.41, 5.74) is 3.29. The van der Waals surface area contributed by atoms with Crippen LogP contribution in [0.4, 0.5) is 20.4 Å². The minimum absolute atomic E-state index is 0.0684. The maximum Gasteiger partial charge on any atom is 0.255 e. The molecule has 4 atom stereocenters. The van der Waals surface area contributed by atoms with Gasteiger partial charge < -0.3 is 40.9 Å². The van der Waals surface area contributed by atoms with Gasteiger partial charge in [-0.25, -0.2) is 28.1 Å². The fourth-order valence-corrected chi connectivity index (χ4v) is 8.28. The summed E-state index contributed by atoms with van der Waals surface area (Å²) < 4.78 is 32.3. The number of β-amino-alcohol motifs (C(OH)–C–C–N with tert-alkyl or cyclic N) is 2. The van der Waals surface area contributed by atoms with Crippen molar-refractivity contribution in [3.8, 4) is 46.0 Å². The van der Waals surface area contributed by atoms with E-state index in [1.54, 1.807) is 36.7 Å². The van der Waals surface area contributed by atoms with Crippen molar-refractivity contribution >= 4 is 23.5 Å². The lowest BCUT2D eigenvalue weighted by atomic mass is 10.0. The number of aliphatic hydroxyl groups is 4. The number of hydrogen-bond donors (Lipinski definition) is 6. The Morgan fingerprint density at radius 3 is 1.42 bits per heavy atom. The lowest BCUT2D eigenvalue weighted by molar-refractivity contribution is 0.00785. The standard InChI is InChI=1S/2C22H19FN6O3/c2*23-13-3-1-2-12(9-24)20(13)14-8-16(21-15(26-14)10-25-22(21)32)29-7-5-19(27-29)28-6-4-17(30)18(31)11-28/h2*1-3,5,7-8,17-18,30-31H,4,6,10-11H2,(H,25,32)/t2*17-,18+/m11/s1. The summed E-state index contributed by atoms with van der Waals surface area (Å²) in [4.78, 5) is 37.6. The number of pyridine rings is 2. The van der Waals surface area contributed by atoms with Gasteiger partial charge in [-0.2, -0.15) is 20.7 Å². The maximum absolute atomic E-state index is 14.7. The molecular weight excluding hydrogens is 831 g/mol. The molecule has 6 aromatic rings. The number of aliphatic hydroxyl groups excluding tert-OH is 4. The van der Waals surface area contributed by atoms with E-state index in [0.717, 1.165) is 0 Å². The number of benzene rings is 2. The number of nitrogens with one attached hydrogen (secondary N) is 2. The molecule has 20 heteroatoms. The Labute approximate surface area is 362 Å². The number of halogens is 2. The normalized spacial score (nSPS) is 20.1. The lowest BCUT2D eigenvalue weighted by Crippen LogP contribution is -2.46. The van der Waals surface area contributed by atoms with Crippen LogP contribution in [-0.4, -0.2) is 112 Å². The number of rotatable bonds is 6. The number of hydrogen-bond acceptors (Lipinski definition) is 14. The highest BCUT2D eigenvalue weighted by Crippen LogP contribution is 2.34. The van der Waals surface area contributed by atoms with E-state index in [0.29, 0.717) is 71.5 Å². The zero-order valence-electron chi connectivity index (χ0n) is 33.7. The van der Waals surface area contributed by atoms with E-state index in [2.05, 4.69) is 30.8 Å². The van der Waals surface area contributed by atoms with Gasteiger partial charge in [0.15, 0.2) is 11.6 Å². The molecule has 18 nitrogen and oxygen atoms in total. The molecule has 2 fully saturated rings. The minimum atomic E-state index is -0.873. The summed E-state index contributed by atoms with van der Waals surface area (Å²) >= 11 is 0. The number of aromatic nitrogens is 6. The molecule has 64 heavy (non-hydrogen) atoms. The molecule has 4 aromatic heterocycles. The Bertz CT molecular complexity index is 2730. The third-order valence-corrected chi connectivity index (χ3v) is 11.6. The maximum atomic E-state index is 14.7. The molecule has 0 radical (unpaired) electrons. The van der Waals surface area contributed by atoms with Gasteiger partial charge in [0.2, 0.25) is 0 Å². The van der Waals surface area contributed by atoms with Gasteiger partial charge in [0, 0.05) is 50.7 Å². The Hall–Kier alpha value is -7.62. The van der Waals surface area contributed by atoms with Crippen LogP contribution in [0.3, 0.4) is 0 Å². The van der Waals surface area contributed by atoms with Crippen molar-refractivity contribution in [2.45, 2.75) is 50.3 Å². The van der Waals surface area contributed by atoms with E-state index in [4.69, 9.17) is 0 Å². The first-order valence-corrected chi connectivity index (χ1v) is 20.3. The summed E-state index contributed by atoms with van der Waals surface area (Å²) in [7, 11) is 0. The van der Waals surface area contributed by atoms with Crippen LogP contribution in [-0.2, 0) is 13.1 Å². The Morgan fingerprint density at radius 2 is 1.03 bits per heavy atom. The quantitative estimate of drug-likeness (QED) is 0.141. The first-order chi connectivity index (χ1) is 30.9. The van der Waals surface area contributed by atoms with Crippen LogP contribution >= 0.6 is 0 Å². The van der Waals surface area contributed by atoms with E-state index in [1.807, 2.05) is 21.9 Å². The largest absolute Gasteiger partial charge is 0.390 e. The number of nitrogens with zero attached hydrogens (tertiary/aromatic N) is 10. The van der Waals surface area contributed by atoms with E-state index in [9.17, 15) is 49.3 Å². The Kier molecular flexibility index (Phi) is 11.0. The number of nitriles is 2. The van der Waals surface area contributed by atoms with Crippen LogP contribution in [0, 0.1) is 34.3 Å². The predicted octanol–water partition coefficient (Wildman–Crippen LogP) is 2.24. The zero-order valence-corrected chi connectivity index (χ0v) is 33.7. The van der Waals surface area contributed by atoms with Crippen molar-refractivity contribution in [2.75, 3.05) is 36.0 Å². The van der Waals surface area contributed by atoms with Crippen LogP contribution in [0.5, 0.6) is 0 Å². The molecule has 2 saturated heterocycles. The summed E-state index contributed by atoms with van der Waals surface area (Å²) in [5, 5.41) is 72.9. The number of carbonyl (C=O) groups is 2. The summed E-state index contributed by atoms with van der Waals surface area (Å²) in [6.45, 7) is 1.90. The van der Waals surface area contributed by atoms with Crippen molar-refractivity contribution in [2.24, 2.45) is 0 Å². The second-order valence-corrected chi connectivity index (χ2v) is 15.6. The molecule has 0 saturated carbocycles. The number of amides is 2. The number of piperidine rings is 2. The van der Waals surface area contributed by atoms with Gasteiger partial charge in [0.1, 0.15) is 11.6 Å². The smallest absolute Gasteiger partial charge is 0.255 e. The molecule has 324 valence electrons. The summed E-state index contributed by atoms with van der Waals surface area (Å²) in [6.07, 6.45) is 0.889. The van der Waals surface area contributed by atoms with Crippen molar-refractivity contribution < 1.29 is 38.8 Å². The molecule has 0 bridgehead atoms. The zero-order chi connectivity index (χ0) is 44.8. The Balaban J connectivity index is 0.000000162. The fourth-order valence-electron chi connectivity index (χ4n) is 8.28. The van der Waals surface area contributed by atoms with Crippen LogP contribution in [0.1, 0.15) is 56.1 Å². The molecule has 10 rings (SSSR count). The lowest BCUT2D eigenvalue weighted by Gasteiger charge is -2.33. The van der Waals surface area contributed by atoms with E-state index in [-0.39, 0.29) is 71.6 Å². The van der Waals surface area contributed by atoms with Crippen LogP contribution in [0.15, 0.2) is 73.1 Å². The van der Waals surface area contributed by atoms with Crippen LogP contribution in [0.2, 0.25) is 0 Å². The van der Waals surface area contributed by atoms with Gasteiger partial charge in [0.25, 0.3) is 11.8 Å². The second kappa shape index (κ2) is 16.9. The van der Waals surface area contributed by atoms with Gasteiger partial charge in [-0.05, 0) is 49.2 Å². The molecular formula is C44H38F2N12O6. The molecule has 4 aliphatic heterocycles. The first-order valence-electron chi connectivity index (χ1n) is 20.3. The molecule has 8 heterocycles. The molecule has 2 aromatic carbocycles. The van der Waals surface area contributed by atoms with Crippen LogP contribution < -0.4 is 20.4 Å². The molecule has 0 spiro atoms. The fraction of sp³-hybridized carbons (Fsp3) is 0.273. The molecule has 2 amide bonds. The van der Waals surface area contributed by atoms with Crippen LogP contribution in [0.25, 0.3) is 33.9 Å². The topological polar surface area (TPSA) is 255 Å². The second-order valence-electron chi connectivity index (χ2n) is 15.6. The first kappa shape index (κ1) is 41.7. The minimum Gasteiger partial charge on any atom is -0.390 e. The number of carbonyl (C=O) groups excluding carboxylic acids is 2. The molecule has 0 unspecified atom stereocenters. The van der Waals surface area contributed by atoms with Gasteiger partial charge in [-0.15, -0.1) is 0 Å². The van der Waals surface area contributed by atoms with Crippen molar-refractivity contribution in [1.82, 2.24) is 40.2 Å². The third-order valence-electron chi connectivity index (χ3n) is 11.6. The van der Waals surface area contributed by atoms with Gasteiger partial charge >= 0.3 is 0 Å². The van der Waals surface area contributed by atoms with Crippen molar-refractivity contribution in [3.05, 3.63) is 118 Å². The Morgan fingerprint density at radius 1 is 0.609 bits per heavy atom. The summed E-state index contributed by atoms with van der Waals surface area (Å²) in [6, 6.07) is 19.0. The molecule has 4 aliphatic rings. The predicted molar refractivity (Wildman–Crippen MR) is 223 cm³/mol. The van der Waals surface area contributed by atoms with Crippen molar-refractivity contribution in [3.63, 3.8) is 0 Å². The highest BCUT2D eigenvalue weighted by Gasteiger charge is 2.32. The monoisotopic (exact) mass is 868 g/mol. The van der Waals surface area contributed by atoms with E-state index < -0.39 is 36.1 Å². The average Bonchev–Trinajstić information content (AvgIpc) is 4.13. The van der Waals surface area contributed by atoms with Gasteiger partial charge in [-0.1, -0.05) is 12.1 Å². The van der Waals surface area contributed by atoms with Gasteiger partial charge in [-0.3, -0.25) is 9.59 Å².